The van der Waals surface area contributed by atoms with Crippen LogP contribution in [0.5, 0.6) is 0 Å². The van der Waals surface area contributed by atoms with Crippen LogP contribution in [0.4, 0.5) is 19.1 Å². The fourth-order valence-electron chi connectivity index (χ4n) is 4.00. The summed E-state index contributed by atoms with van der Waals surface area (Å²) >= 11 is 3.61. The van der Waals surface area contributed by atoms with Crippen molar-refractivity contribution >= 4 is 42.1 Å². The quantitative estimate of drug-likeness (QED) is 0.225. The topological polar surface area (TPSA) is 89.4 Å². The van der Waals surface area contributed by atoms with Crippen LogP contribution in [-0.4, -0.2) is 99.8 Å². The predicted molar refractivity (Wildman–Crippen MR) is 154 cm³/mol. The number of alkyl halides is 3. The number of carbonyl (C=O) groups is 1. The summed E-state index contributed by atoms with van der Waals surface area (Å²) in [6, 6.07) is 1.21. The summed E-state index contributed by atoms with van der Waals surface area (Å²) in [5, 5.41) is 0. The van der Waals surface area contributed by atoms with Gasteiger partial charge in [0.05, 0.1) is 44.1 Å². The number of anilines is 1. The van der Waals surface area contributed by atoms with E-state index in [1.165, 1.54) is 0 Å². The number of amides is 1. The van der Waals surface area contributed by atoms with Crippen LogP contribution in [0, 0.1) is 0 Å². The first-order chi connectivity index (χ1) is 18.8. The van der Waals surface area contributed by atoms with Crippen LogP contribution in [0.3, 0.4) is 0 Å². The third-order valence-electron chi connectivity index (χ3n) is 6.41. The highest BCUT2D eigenvalue weighted by molar-refractivity contribution is 9.11. The average molecular weight is 651 g/mol. The Labute approximate surface area is 243 Å². The molecule has 1 saturated heterocycles. The summed E-state index contributed by atoms with van der Waals surface area (Å²) in [5.74, 6) is 0.869. The third-order valence-corrected chi connectivity index (χ3v) is 8.83. The number of halogens is 4. The number of rotatable bonds is 13. The van der Waals surface area contributed by atoms with E-state index in [0.717, 1.165) is 35.9 Å². The van der Waals surface area contributed by atoms with Crippen LogP contribution in [0.2, 0.25) is 25.7 Å². The van der Waals surface area contributed by atoms with Gasteiger partial charge in [0.15, 0.2) is 0 Å². The molecule has 2 aliphatic heterocycles. The molecule has 40 heavy (non-hydrogen) atoms. The summed E-state index contributed by atoms with van der Waals surface area (Å²) in [7, 11) is -1.10. The second-order valence-electron chi connectivity index (χ2n) is 11.2. The lowest BCUT2D eigenvalue weighted by Crippen LogP contribution is -2.49. The Kier molecular flexibility index (Phi) is 12.0. The van der Waals surface area contributed by atoms with Gasteiger partial charge < -0.3 is 24.0 Å². The monoisotopic (exact) mass is 649 g/mol. The van der Waals surface area contributed by atoms with Gasteiger partial charge in [-0.25, -0.2) is 9.97 Å². The van der Waals surface area contributed by atoms with E-state index in [1.807, 2.05) is 6.92 Å². The number of ether oxygens (including phenoxy) is 3. The molecule has 9 nitrogen and oxygen atoms in total. The molecule has 2 aliphatic rings. The molecule has 2 atom stereocenters. The van der Waals surface area contributed by atoms with E-state index in [4.69, 9.17) is 14.2 Å². The highest BCUT2D eigenvalue weighted by Crippen LogP contribution is 2.28. The Morgan fingerprint density at radius 3 is 2.40 bits per heavy atom. The number of nitrogens with zero attached hydrogens (tertiary/aromatic N) is 5. The van der Waals surface area contributed by atoms with Crippen LogP contribution in [-0.2, 0) is 25.2 Å². The van der Waals surface area contributed by atoms with Crippen LogP contribution in [0.25, 0.3) is 0 Å². The van der Waals surface area contributed by atoms with E-state index >= 15 is 0 Å². The van der Waals surface area contributed by atoms with Crippen molar-refractivity contribution in [2.24, 2.45) is 4.99 Å². The molecule has 1 fully saturated rings. The van der Waals surface area contributed by atoms with Gasteiger partial charge in [-0.2, -0.15) is 13.2 Å². The van der Waals surface area contributed by atoms with Gasteiger partial charge in [0.2, 0.25) is 11.9 Å². The smallest absolute Gasteiger partial charge is 0.419 e. The molecule has 1 amide bonds. The lowest BCUT2D eigenvalue weighted by Gasteiger charge is -2.34. The van der Waals surface area contributed by atoms with Gasteiger partial charge in [-0.15, -0.1) is 0 Å². The van der Waals surface area contributed by atoms with E-state index < -0.39 is 19.8 Å². The van der Waals surface area contributed by atoms with Crippen LogP contribution >= 0.6 is 15.9 Å². The van der Waals surface area contributed by atoms with Gasteiger partial charge in [0.1, 0.15) is 11.9 Å². The minimum Gasteiger partial charge on any atom is -0.486 e. The van der Waals surface area contributed by atoms with Gasteiger partial charge in [-0.3, -0.25) is 9.79 Å². The molecule has 1 aromatic heterocycles. The lowest BCUT2D eigenvalue weighted by atomic mass is 10.1. The Morgan fingerprint density at radius 1 is 1.12 bits per heavy atom. The van der Waals surface area contributed by atoms with E-state index in [1.54, 1.807) is 16.0 Å². The molecule has 0 spiro atoms. The van der Waals surface area contributed by atoms with Crippen molar-refractivity contribution in [3.8, 4) is 0 Å². The number of piperazine rings is 1. The normalized spacial score (nSPS) is 19.2. The molecule has 0 N–H and O–H groups in total. The lowest BCUT2D eigenvalue weighted by molar-refractivity contribution is -0.138. The highest BCUT2D eigenvalue weighted by Gasteiger charge is 2.32. The maximum Gasteiger partial charge on any atom is 0.419 e. The van der Waals surface area contributed by atoms with Crippen LogP contribution in [0.1, 0.15) is 25.3 Å². The number of dihydropyridines is 1. The van der Waals surface area contributed by atoms with E-state index in [0.29, 0.717) is 45.2 Å². The van der Waals surface area contributed by atoms with E-state index in [9.17, 15) is 18.0 Å². The number of hydrogen-bond acceptors (Lipinski definition) is 8. The zero-order valence-electron chi connectivity index (χ0n) is 23.5. The first-order valence-corrected chi connectivity index (χ1v) is 18.0. The van der Waals surface area contributed by atoms with Crippen molar-refractivity contribution < 1.29 is 32.2 Å². The summed E-state index contributed by atoms with van der Waals surface area (Å²) in [6.07, 6.45) is -0.450. The molecule has 3 rings (SSSR count). The molecule has 3 heterocycles. The Bertz CT molecular complexity index is 1030. The average Bonchev–Trinajstić information content (AvgIpc) is 2.89. The molecular formula is C26H39BrF3N5O4Si. The molecule has 1 unspecified atom stereocenters. The number of aromatic nitrogens is 2. The maximum atomic E-state index is 12.7. The predicted octanol–water partition coefficient (Wildman–Crippen LogP) is 4.76. The largest absolute Gasteiger partial charge is 0.486 e. The molecule has 0 aromatic carbocycles. The Hall–Kier alpha value is -2.03. The second kappa shape index (κ2) is 14.7. The van der Waals surface area contributed by atoms with Gasteiger partial charge in [0.25, 0.3) is 0 Å². The first kappa shape index (κ1) is 32.5. The summed E-state index contributed by atoms with van der Waals surface area (Å²) < 4.78 is 56.6. The van der Waals surface area contributed by atoms with Crippen molar-refractivity contribution in [2.45, 2.75) is 63.8 Å². The highest BCUT2D eigenvalue weighted by atomic mass is 79.9. The van der Waals surface area contributed by atoms with Crippen molar-refractivity contribution in [1.82, 2.24) is 14.9 Å². The number of allylic oxidation sites excluding steroid dienone is 1. The van der Waals surface area contributed by atoms with Crippen molar-refractivity contribution in [3.05, 3.63) is 28.2 Å². The molecule has 224 valence electrons. The van der Waals surface area contributed by atoms with Crippen molar-refractivity contribution in [2.75, 3.05) is 57.5 Å². The number of hydrogen-bond donors (Lipinski definition) is 0. The molecule has 0 aliphatic carbocycles. The zero-order chi connectivity index (χ0) is 29.3. The zero-order valence-corrected chi connectivity index (χ0v) is 26.1. The van der Waals surface area contributed by atoms with Gasteiger partial charge >= 0.3 is 6.18 Å². The summed E-state index contributed by atoms with van der Waals surface area (Å²) in [5.41, 5.74) is -0.886. The molecule has 0 bridgehead atoms. The van der Waals surface area contributed by atoms with Gasteiger partial charge in [-0.1, -0.05) is 35.6 Å². The first-order valence-electron chi connectivity index (χ1n) is 13.5. The number of aliphatic imine (C=N–C) groups is 1. The third kappa shape index (κ3) is 10.7. The Balaban J connectivity index is 1.29. The molecule has 1 aromatic rings. The fourth-order valence-corrected chi connectivity index (χ4v) is 5.33. The maximum absolute atomic E-state index is 12.7. The van der Waals surface area contributed by atoms with Crippen molar-refractivity contribution in [3.63, 3.8) is 0 Å². The summed E-state index contributed by atoms with van der Waals surface area (Å²) in [4.78, 5) is 28.3. The minimum atomic E-state index is -4.47. The van der Waals surface area contributed by atoms with Crippen LogP contribution < -0.4 is 4.90 Å². The summed E-state index contributed by atoms with van der Waals surface area (Å²) in [6.45, 7) is 12.6. The standard InChI is InChI=1S/C26H39BrF3N5O4Si/c1-19(39-23-16-31-21(13-22(23)27)18-38-11-12-40(2,3)4)17-37-10-5-24(36)34-6-8-35(9-7-34)25-32-14-20(15-33-25)26(28,29)30/h14-16,19,21H,5-13,17-18H2,1-4H3/t19-,21?/m0/s1. The second-order valence-corrected chi connectivity index (χ2v) is 17.8. The minimum absolute atomic E-state index is 0.0375. The molecule has 0 radical (unpaired) electrons. The van der Waals surface area contributed by atoms with E-state index in [2.05, 4.69) is 50.5 Å². The Morgan fingerprint density at radius 2 is 1.80 bits per heavy atom. The molecular weight excluding hydrogens is 611 g/mol. The molecule has 14 heteroatoms. The van der Waals surface area contributed by atoms with Crippen LogP contribution in [0.15, 0.2) is 27.6 Å². The van der Waals surface area contributed by atoms with Crippen molar-refractivity contribution in [1.29, 1.82) is 0 Å². The van der Waals surface area contributed by atoms with Gasteiger partial charge in [0, 0.05) is 64.2 Å². The number of carbonyl (C=O) groups excluding carboxylic acids is 1. The molecule has 0 saturated carbocycles. The van der Waals surface area contributed by atoms with Gasteiger partial charge in [-0.05, 0) is 13.0 Å². The van der Waals surface area contributed by atoms with E-state index in [-0.39, 0.29) is 37.0 Å². The fraction of sp³-hybridized carbons (Fsp3) is 0.692. The SMILES string of the molecule is C[C@@H](COCCC(=O)N1CCN(c2ncc(C(F)(F)F)cn2)CC1)OC1=C(Br)CC(COCC[Si](C)(C)C)N=C1.